The molecule has 1 aliphatic carbocycles. The molecule has 7 rings (SSSR count). The highest BCUT2D eigenvalue weighted by Gasteiger charge is 2.64. The maximum absolute atomic E-state index is 16.0. The van der Waals surface area contributed by atoms with Gasteiger partial charge in [0, 0.05) is 29.4 Å². The van der Waals surface area contributed by atoms with Crippen LogP contribution in [0.3, 0.4) is 0 Å². The number of nitrogens with one attached hydrogen (secondary N) is 1. The second kappa shape index (κ2) is 10.0. The molecule has 4 heterocycles. The van der Waals surface area contributed by atoms with Crippen molar-refractivity contribution in [3.05, 3.63) is 81.3 Å². The number of pyridine rings is 1. The van der Waals surface area contributed by atoms with Crippen LogP contribution in [0.2, 0.25) is 5.02 Å². The number of benzene rings is 2. The predicted octanol–water partition coefficient (Wildman–Crippen LogP) is 5.89. The molecule has 1 saturated heterocycles. The Kier molecular flexibility index (Phi) is 6.52. The maximum Gasteiger partial charge on any atom is 0.335 e. The summed E-state index contributed by atoms with van der Waals surface area (Å²) in [4.78, 5) is 32.4. The first-order valence-electron chi connectivity index (χ1n) is 13.7. The van der Waals surface area contributed by atoms with E-state index in [0.29, 0.717) is 45.5 Å². The molecule has 0 radical (unpaired) electrons. The fourth-order valence-corrected chi connectivity index (χ4v) is 7.17. The first kappa shape index (κ1) is 27.3. The van der Waals surface area contributed by atoms with Crippen molar-refractivity contribution in [1.82, 2.24) is 19.7 Å². The van der Waals surface area contributed by atoms with Crippen molar-refractivity contribution in [1.29, 1.82) is 0 Å². The van der Waals surface area contributed by atoms with E-state index in [0.717, 1.165) is 12.8 Å². The number of carboxylic acids is 1. The molecule has 2 fully saturated rings. The molecule has 42 heavy (non-hydrogen) atoms. The number of carbonyl (C=O) groups is 2. The number of nitrogens with zero attached hydrogens (tertiary/aromatic N) is 4. The minimum absolute atomic E-state index is 0.0544. The van der Waals surface area contributed by atoms with Gasteiger partial charge in [0.2, 0.25) is 11.8 Å². The van der Waals surface area contributed by atoms with Gasteiger partial charge >= 0.3 is 5.97 Å². The van der Waals surface area contributed by atoms with Gasteiger partial charge < -0.3 is 15.2 Å². The van der Waals surface area contributed by atoms with Gasteiger partial charge in [-0.2, -0.15) is 5.10 Å². The largest absolute Gasteiger partial charge is 0.478 e. The molecule has 12 heteroatoms. The van der Waals surface area contributed by atoms with Gasteiger partial charge in [0.1, 0.15) is 16.7 Å². The van der Waals surface area contributed by atoms with E-state index in [1.54, 1.807) is 41.1 Å². The van der Waals surface area contributed by atoms with Crippen LogP contribution in [0.1, 0.15) is 47.6 Å². The Hall–Kier alpha value is -3.54. The quantitative estimate of drug-likeness (QED) is 0.250. The van der Waals surface area contributed by atoms with Gasteiger partial charge in [-0.15, -0.1) is 0 Å². The van der Waals surface area contributed by atoms with Crippen molar-refractivity contribution in [3.8, 4) is 5.88 Å². The Morgan fingerprint density at radius 3 is 2.79 bits per heavy atom. The lowest BCUT2D eigenvalue weighted by Crippen LogP contribution is -2.57. The van der Waals surface area contributed by atoms with E-state index in [1.165, 1.54) is 18.3 Å². The van der Waals surface area contributed by atoms with Crippen molar-refractivity contribution < 1.29 is 23.8 Å². The number of amides is 1. The molecule has 4 atom stereocenters. The van der Waals surface area contributed by atoms with Crippen molar-refractivity contribution in [2.45, 2.75) is 43.3 Å². The monoisotopic (exact) mass is 653 g/mol. The van der Waals surface area contributed by atoms with Crippen molar-refractivity contribution in [2.75, 3.05) is 18.5 Å². The first-order valence-corrected chi connectivity index (χ1v) is 14.9. The Bertz CT molecular complexity index is 1760. The van der Waals surface area contributed by atoms with Gasteiger partial charge in [-0.1, -0.05) is 17.7 Å². The summed E-state index contributed by atoms with van der Waals surface area (Å²) in [6, 6.07) is 12.4. The topological polar surface area (TPSA) is 110 Å². The molecular formula is C30H26BrClFN5O4. The minimum atomic E-state index is -1.24. The summed E-state index contributed by atoms with van der Waals surface area (Å²) in [7, 11) is 0. The van der Waals surface area contributed by atoms with Crippen molar-refractivity contribution in [3.63, 3.8) is 0 Å². The smallest absolute Gasteiger partial charge is 0.335 e. The van der Waals surface area contributed by atoms with Crippen LogP contribution in [0, 0.1) is 11.7 Å². The molecule has 1 saturated carbocycles. The van der Waals surface area contributed by atoms with Gasteiger partial charge in [0.15, 0.2) is 5.82 Å². The highest BCUT2D eigenvalue weighted by atomic mass is 79.9. The van der Waals surface area contributed by atoms with Crippen LogP contribution in [0.15, 0.2) is 59.3 Å². The number of carboxylic acid groups (broad SMARTS) is 1. The van der Waals surface area contributed by atoms with E-state index >= 15 is 4.39 Å². The summed E-state index contributed by atoms with van der Waals surface area (Å²) in [6.45, 7) is 2.74. The lowest BCUT2D eigenvalue weighted by atomic mass is 9.77. The molecule has 0 bridgehead atoms. The number of aromatic carboxylic acids is 1. The third-order valence-electron chi connectivity index (χ3n) is 8.82. The number of hydrogen-bond acceptors (Lipinski definition) is 6. The van der Waals surface area contributed by atoms with Crippen LogP contribution < -0.4 is 10.1 Å². The van der Waals surface area contributed by atoms with E-state index in [4.69, 9.17) is 21.4 Å². The van der Waals surface area contributed by atoms with Crippen LogP contribution in [0.5, 0.6) is 5.88 Å². The van der Waals surface area contributed by atoms with Gasteiger partial charge in [-0.05, 0) is 89.6 Å². The molecule has 3 aliphatic rings. The number of likely N-dealkylation sites (tertiary alicyclic amines) is 1. The molecule has 1 amide bonds. The van der Waals surface area contributed by atoms with E-state index in [9.17, 15) is 14.7 Å². The number of fused-ring (bicyclic) bond motifs is 5. The molecule has 2 aromatic heterocycles. The van der Waals surface area contributed by atoms with Gasteiger partial charge in [0.05, 0.1) is 28.6 Å². The Morgan fingerprint density at radius 2 is 2.05 bits per heavy atom. The zero-order valence-electron chi connectivity index (χ0n) is 22.4. The third kappa shape index (κ3) is 4.28. The molecule has 0 spiro atoms. The average molecular weight is 655 g/mol. The fourth-order valence-electron chi connectivity index (χ4n) is 6.64. The highest BCUT2D eigenvalue weighted by Crippen LogP contribution is 2.56. The summed E-state index contributed by atoms with van der Waals surface area (Å²) >= 11 is 9.47. The predicted molar refractivity (Wildman–Crippen MR) is 158 cm³/mol. The van der Waals surface area contributed by atoms with Crippen molar-refractivity contribution in [2.24, 2.45) is 5.92 Å². The van der Waals surface area contributed by atoms with Crippen LogP contribution in [0.25, 0.3) is 10.9 Å². The number of aromatic nitrogens is 3. The second-order valence-corrected chi connectivity index (χ2v) is 12.5. The summed E-state index contributed by atoms with van der Waals surface area (Å²) < 4.78 is 24.1. The van der Waals surface area contributed by atoms with Crippen LogP contribution in [-0.2, 0) is 4.79 Å². The summed E-state index contributed by atoms with van der Waals surface area (Å²) in [6.07, 6.45) is 3.63. The molecule has 0 unspecified atom stereocenters. The number of ether oxygens (including phenoxy) is 1. The fraction of sp³-hybridized carbons (Fsp3) is 0.333. The standard InChI is InChI=1S/C30H26BrClFN5O4/c1-30(29(41)35-18-4-2-3-17(32)12-18)23(20-9-10-34-26(31)24(20)33)25-22(37(30)13-15-5-6-15)14-42-27-19-8-7-16(28(39)40)11-21(19)36-38(25)27/h2-4,7-12,15,22-23,25H,5-6,13-14H2,1H3,(H,35,41)(H,39,40)/t22-,23-,25+,30+/m0/s1. The molecule has 216 valence electrons. The SMILES string of the molecule is C[C@]1(C(=O)Nc2cccc(Cl)c2)[C@@H](c2ccnc(Br)c2F)[C@H]2[C@H](COc3c4ccc(C(=O)O)cc4nn32)N1CC1CC1. The summed E-state index contributed by atoms with van der Waals surface area (Å²) in [5.74, 6) is -1.75. The molecule has 2 aliphatic heterocycles. The van der Waals surface area contributed by atoms with Crippen LogP contribution in [0.4, 0.5) is 10.1 Å². The zero-order chi connectivity index (χ0) is 29.3. The molecule has 2 aromatic carbocycles. The maximum atomic E-state index is 16.0. The highest BCUT2D eigenvalue weighted by molar-refractivity contribution is 9.10. The number of rotatable bonds is 6. The summed E-state index contributed by atoms with van der Waals surface area (Å²) in [5, 5.41) is 18.6. The van der Waals surface area contributed by atoms with E-state index in [2.05, 4.69) is 31.1 Å². The van der Waals surface area contributed by atoms with Gasteiger partial charge in [-0.3, -0.25) is 9.69 Å². The number of hydrogen-bond donors (Lipinski definition) is 2. The molecule has 4 aromatic rings. The van der Waals surface area contributed by atoms with Gasteiger partial charge in [-0.25, -0.2) is 18.9 Å². The number of anilines is 1. The average Bonchev–Trinajstić information content (AvgIpc) is 3.65. The number of halogens is 3. The summed E-state index contributed by atoms with van der Waals surface area (Å²) in [5.41, 5.74) is 0.173. The lowest BCUT2D eigenvalue weighted by molar-refractivity contribution is -0.127. The number of carbonyl (C=O) groups excluding carboxylic acids is 1. The Balaban J connectivity index is 1.43. The van der Waals surface area contributed by atoms with Crippen molar-refractivity contribution >= 4 is 56.0 Å². The van der Waals surface area contributed by atoms with E-state index < -0.39 is 29.3 Å². The lowest BCUT2D eigenvalue weighted by Gasteiger charge is -2.39. The Labute approximate surface area is 253 Å². The third-order valence-corrected chi connectivity index (χ3v) is 9.60. The molecular weight excluding hydrogens is 629 g/mol. The van der Waals surface area contributed by atoms with Crippen LogP contribution in [-0.4, -0.2) is 61.4 Å². The zero-order valence-corrected chi connectivity index (χ0v) is 24.8. The normalized spacial score (nSPS) is 25.1. The molecule has 9 nitrogen and oxygen atoms in total. The first-order chi connectivity index (χ1) is 20.2. The molecule has 2 N–H and O–H groups in total. The van der Waals surface area contributed by atoms with Crippen LogP contribution >= 0.6 is 27.5 Å². The Morgan fingerprint density at radius 1 is 1.24 bits per heavy atom. The van der Waals surface area contributed by atoms with E-state index in [1.807, 2.05) is 6.92 Å². The van der Waals surface area contributed by atoms with Gasteiger partial charge in [0.25, 0.3) is 0 Å². The minimum Gasteiger partial charge on any atom is -0.478 e. The second-order valence-electron chi connectivity index (χ2n) is 11.3. The van der Waals surface area contributed by atoms with E-state index in [-0.39, 0.29) is 28.7 Å².